The van der Waals surface area contributed by atoms with E-state index >= 15 is 0 Å². The van der Waals surface area contributed by atoms with Gasteiger partial charge in [-0.05, 0) is 80.0 Å². The van der Waals surface area contributed by atoms with Crippen molar-refractivity contribution in [1.82, 2.24) is 4.31 Å². The van der Waals surface area contributed by atoms with Crippen molar-refractivity contribution in [2.24, 2.45) is 5.92 Å². The Morgan fingerprint density at radius 2 is 1.79 bits per heavy atom. The van der Waals surface area contributed by atoms with Gasteiger partial charge < -0.3 is 5.32 Å². The molecule has 0 unspecified atom stereocenters. The molecule has 5 nitrogen and oxygen atoms in total. The van der Waals surface area contributed by atoms with Gasteiger partial charge in [0.15, 0.2) is 0 Å². The Kier molecular flexibility index (Phi) is 5.44. The Balaban J connectivity index is 1.40. The number of rotatable bonds is 4. The van der Waals surface area contributed by atoms with Gasteiger partial charge in [0.1, 0.15) is 5.82 Å². The minimum Gasteiger partial charge on any atom is -0.323 e. The van der Waals surface area contributed by atoms with Crippen LogP contribution in [0, 0.1) is 18.7 Å². The molecule has 0 atom stereocenters. The largest absolute Gasteiger partial charge is 0.323 e. The SMILES string of the molecule is Cc1ccc(NC(=O)C2CCN(S(=O)(=O)c3ccc4c(c3)CCC4)CC2)c(F)c1. The lowest BCUT2D eigenvalue weighted by atomic mass is 9.97. The Morgan fingerprint density at radius 1 is 1.07 bits per heavy atom. The molecule has 0 radical (unpaired) electrons. The summed E-state index contributed by atoms with van der Waals surface area (Å²) in [5, 5.41) is 2.64. The number of hydrogen-bond donors (Lipinski definition) is 1. The predicted octanol–water partition coefficient (Wildman–Crippen LogP) is 3.66. The van der Waals surface area contributed by atoms with E-state index in [9.17, 15) is 17.6 Å². The number of hydrogen-bond acceptors (Lipinski definition) is 3. The second-order valence-electron chi connectivity index (χ2n) is 7.93. The minimum atomic E-state index is -3.56. The van der Waals surface area contributed by atoms with E-state index < -0.39 is 15.8 Å². The standard InChI is InChI=1S/C22H25FN2O3S/c1-15-5-8-21(20(23)13-15)24-22(26)17-9-11-25(12-10-17)29(27,28)19-7-6-16-3-2-4-18(16)14-19/h5-8,13-14,17H,2-4,9-12H2,1H3,(H,24,26). The molecule has 1 aliphatic heterocycles. The fourth-order valence-corrected chi connectivity index (χ4v) is 5.69. The van der Waals surface area contributed by atoms with E-state index in [-0.39, 0.29) is 30.6 Å². The number of nitrogens with one attached hydrogen (secondary N) is 1. The maximum atomic E-state index is 14.0. The van der Waals surface area contributed by atoms with E-state index in [4.69, 9.17) is 0 Å². The second kappa shape index (κ2) is 7.88. The van der Waals surface area contributed by atoms with Crippen LogP contribution in [0.2, 0.25) is 0 Å². The quantitative estimate of drug-likeness (QED) is 0.827. The summed E-state index contributed by atoms with van der Waals surface area (Å²) in [4.78, 5) is 12.8. The average Bonchev–Trinajstić information content (AvgIpc) is 3.18. The molecule has 1 saturated heterocycles. The highest BCUT2D eigenvalue weighted by Gasteiger charge is 2.32. The third-order valence-electron chi connectivity index (χ3n) is 5.91. The zero-order valence-corrected chi connectivity index (χ0v) is 17.3. The number of carbonyl (C=O) groups is 1. The first-order valence-electron chi connectivity index (χ1n) is 10.0. The first kappa shape index (κ1) is 20.0. The van der Waals surface area contributed by atoms with Crippen LogP contribution in [-0.4, -0.2) is 31.7 Å². The molecular weight excluding hydrogens is 391 g/mol. The predicted molar refractivity (Wildman–Crippen MR) is 110 cm³/mol. The average molecular weight is 417 g/mol. The number of carbonyl (C=O) groups excluding carboxylic acids is 1. The molecule has 0 aromatic heterocycles. The lowest BCUT2D eigenvalue weighted by Crippen LogP contribution is -2.41. The third kappa shape index (κ3) is 4.07. The van der Waals surface area contributed by atoms with E-state index in [1.165, 1.54) is 15.9 Å². The van der Waals surface area contributed by atoms with Crippen LogP contribution in [0.1, 0.15) is 36.0 Å². The van der Waals surface area contributed by atoms with Crippen LogP contribution in [0.4, 0.5) is 10.1 Å². The summed E-state index contributed by atoms with van der Waals surface area (Å²) in [6.45, 7) is 2.35. The molecule has 1 heterocycles. The number of halogens is 1. The number of aryl methyl sites for hydroxylation is 3. The maximum absolute atomic E-state index is 14.0. The van der Waals surface area contributed by atoms with Crippen molar-refractivity contribution >= 4 is 21.6 Å². The van der Waals surface area contributed by atoms with Crippen LogP contribution in [0.5, 0.6) is 0 Å². The molecule has 154 valence electrons. The van der Waals surface area contributed by atoms with Crippen LogP contribution in [0.25, 0.3) is 0 Å². The van der Waals surface area contributed by atoms with Gasteiger partial charge in [-0.2, -0.15) is 4.31 Å². The molecule has 1 amide bonds. The van der Waals surface area contributed by atoms with Gasteiger partial charge in [-0.3, -0.25) is 4.79 Å². The van der Waals surface area contributed by atoms with Crippen LogP contribution in [0.15, 0.2) is 41.3 Å². The smallest absolute Gasteiger partial charge is 0.243 e. The van der Waals surface area contributed by atoms with Gasteiger partial charge in [-0.1, -0.05) is 12.1 Å². The molecule has 0 spiro atoms. The zero-order chi connectivity index (χ0) is 20.6. The van der Waals surface area contributed by atoms with Crippen molar-refractivity contribution in [3.8, 4) is 0 Å². The van der Waals surface area contributed by atoms with Crippen molar-refractivity contribution in [1.29, 1.82) is 0 Å². The topological polar surface area (TPSA) is 66.5 Å². The summed E-state index contributed by atoms with van der Waals surface area (Å²) in [6.07, 6.45) is 3.85. The maximum Gasteiger partial charge on any atom is 0.243 e. The van der Waals surface area contributed by atoms with Gasteiger partial charge in [0.05, 0.1) is 10.6 Å². The summed E-state index contributed by atoms with van der Waals surface area (Å²) in [5.41, 5.74) is 3.31. The van der Waals surface area contributed by atoms with Crippen molar-refractivity contribution in [3.63, 3.8) is 0 Å². The molecule has 0 bridgehead atoms. The first-order chi connectivity index (χ1) is 13.8. The first-order valence-corrected chi connectivity index (χ1v) is 11.5. The number of benzene rings is 2. The highest BCUT2D eigenvalue weighted by atomic mass is 32.2. The van der Waals surface area contributed by atoms with Gasteiger partial charge in [-0.25, -0.2) is 12.8 Å². The molecule has 1 fully saturated rings. The van der Waals surface area contributed by atoms with E-state index in [1.54, 1.807) is 31.2 Å². The molecule has 29 heavy (non-hydrogen) atoms. The van der Waals surface area contributed by atoms with Crippen molar-refractivity contribution in [2.45, 2.75) is 43.9 Å². The van der Waals surface area contributed by atoms with Crippen molar-refractivity contribution in [2.75, 3.05) is 18.4 Å². The van der Waals surface area contributed by atoms with E-state index in [0.29, 0.717) is 17.7 Å². The van der Waals surface area contributed by atoms with Gasteiger partial charge in [-0.15, -0.1) is 0 Å². The number of piperidine rings is 1. The Bertz CT molecular complexity index is 1040. The van der Waals surface area contributed by atoms with Gasteiger partial charge in [0, 0.05) is 19.0 Å². The number of sulfonamides is 1. The third-order valence-corrected chi connectivity index (χ3v) is 7.81. The van der Waals surface area contributed by atoms with Crippen LogP contribution in [-0.2, 0) is 27.7 Å². The van der Waals surface area contributed by atoms with Gasteiger partial charge >= 0.3 is 0 Å². The van der Waals surface area contributed by atoms with E-state index in [1.807, 2.05) is 6.07 Å². The lowest BCUT2D eigenvalue weighted by Gasteiger charge is -2.30. The van der Waals surface area contributed by atoms with Gasteiger partial charge in [0.25, 0.3) is 0 Å². The highest BCUT2D eigenvalue weighted by Crippen LogP contribution is 2.29. The summed E-state index contributed by atoms with van der Waals surface area (Å²) in [6, 6.07) is 10.1. The molecule has 2 aromatic carbocycles. The molecule has 4 rings (SSSR count). The number of nitrogens with zero attached hydrogens (tertiary/aromatic N) is 1. The molecule has 0 saturated carbocycles. The minimum absolute atomic E-state index is 0.161. The van der Waals surface area contributed by atoms with Crippen LogP contribution in [0.3, 0.4) is 0 Å². The fraction of sp³-hybridized carbons (Fsp3) is 0.409. The number of fused-ring (bicyclic) bond motifs is 1. The molecular formula is C22H25FN2O3S. The Labute approximate surface area is 171 Å². The highest BCUT2D eigenvalue weighted by molar-refractivity contribution is 7.89. The van der Waals surface area contributed by atoms with Crippen molar-refractivity contribution < 1.29 is 17.6 Å². The molecule has 1 aliphatic carbocycles. The number of amides is 1. The molecule has 1 N–H and O–H groups in total. The normalized spacial score (nSPS) is 17.9. The Morgan fingerprint density at radius 3 is 2.52 bits per heavy atom. The van der Waals surface area contributed by atoms with E-state index in [0.717, 1.165) is 30.4 Å². The molecule has 2 aromatic rings. The molecule has 2 aliphatic rings. The monoisotopic (exact) mass is 416 g/mol. The van der Waals surface area contributed by atoms with E-state index in [2.05, 4.69) is 5.32 Å². The molecule has 7 heteroatoms. The van der Waals surface area contributed by atoms with Crippen LogP contribution >= 0.6 is 0 Å². The second-order valence-corrected chi connectivity index (χ2v) is 9.87. The van der Waals surface area contributed by atoms with Crippen LogP contribution < -0.4 is 5.32 Å². The number of anilines is 1. The zero-order valence-electron chi connectivity index (χ0n) is 16.4. The summed E-state index contributed by atoms with van der Waals surface area (Å²) < 4.78 is 41.4. The van der Waals surface area contributed by atoms with Gasteiger partial charge in [0.2, 0.25) is 15.9 Å². The van der Waals surface area contributed by atoms with Crippen molar-refractivity contribution in [3.05, 3.63) is 58.9 Å². The lowest BCUT2D eigenvalue weighted by molar-refractivity contribution is -0.120. The Hall–Kier alpha value is -2.25. The summed E-state index contributed by atoms with van der Waals surface area (Å²) in [5.74, 6) is -1.06. The fourth-order valence-electron chi connectivity index (χ4n) is 4.17. The summed E-state index contributed by atoms with van der Waals surface area (Å²) >= 11 is 0. The summed E-state index contributed by atoms with van der Waals surface area (Å²) in [7, 11) is -3.56.